The van der Waals surface area contributed by atoms with E-state index in [1.165, 1.54) is 0 Å². The molecule has 0 fully saturated rings. The van der Waals surface area contributed by atoms with Crippen molar-refractivity contribution in [3.8, 4) is 0 Å². The van der Waals surface area contributed by atoms with Crippen LogP contribution in [0.3, 0.4) is 0 Å². The molecule has 0 saturated carbocycles. The number of methoxy groups -OCH3 is 1. The molecule has 1 amide bonds. The highest BCUT2D eigenvalue weighted by atomic mass is 127. The van der Waals surface area contributed by atoms with Crippen LogP contribution in [-0.2, 0) is 9.53 Å². The van der Waals surface area contributed by atoms with E-state index in [1.807, 2.05) is 20.8 Å². The third-order valence-corrected chi connectivity index (χ3v) is 3.27. The number of rotatable bonds is 7. The highest BCUT2D eigenvalue weighted by Gasteiger charge is 2.17. The Bertz CT molecular complexity index is 642. The number of benzene rings is 1. The van der Waals surface area contributed by atoms with Crippen molar-refractivity contribution in [1.29, 1.82) is 0 Å². The van der Waals surface area contributed by atoms with E-state index < -0.39 is 34.6 Å². The third-order valence-electron chi connectivity index (χ3n) is 3.27. The first-order chi connectivity index (χ1) is 11.7. The van der Waals surface area contributed by atoms with Crippen molar-refractivity contribution in [1.82, 2.24) is 10.6 Å². The van der Waals surface area contributed by atoms with Gasteiger partial charge in [-0.15, -0.1) is 24.0 Å². The Morgan fingerprint density at radius 2 is 1.85 bits per heavy atom. The van der Waals surface area contributed by atoms with E-state index in [2.05, 4.69) is 20.9 Å². The lowest BCUT2D eigenvalue weighted by Gasteiger charge is -2.24. The van der Waals surface area contributed by atoms with Crippen molar-refractivity contribution in [3.63, 3.8) is 0 Å². The van der Waals surface area contributed by atoms with E-state index in [9.17, 15) is 18.0 Å². The number of nitrogens with one attached hydrogen (secondary N) is 3. The number of guanidine groups is 1. The van der Waals surface area contributed by atoms with Gasteiger partial charge in [-0.05, 0) is 32.9 Å². The molecule has 0 aliphatic rings. The molecule has 0 saturated heterocycles. The summed E-state index contributed by atoms with van der Waals surface area (Å²) in [7, 11) is 1.58. The number of carbonyl (C=O) groups is 1. The van der Waals surface area contributed by atoms with Crippen LogP contribution in [0.25, 0.3) is 0 Å². The predicted molar refractivity (Wildman–Crippen MR) is 105 cm³/mol. The van der Waals surface area contributed by atoms with Gasteiger partial charge in [0.15, 0.2) is 23.4 Å². The molecule has 6 nitrogen and oxygen atoms in total. The molecule has 0 spiro atoms. The molecular weight excluding hydrogens is 464 g/mol. The fourth-order valence-corrected chi connectivity index (χ4v) is 1.67. The van der Waals surface area contributed by atoms with Crippen molar-refractivity contribution in [3.05, 3.63) is 29.6 Å². The molecule has 0 aliphatic heterocycles. The Morgan fingerprint density at radius 1 is 1.19 bits per heavy atom. The van der Waals surface area contributed by atoms with Crippen LogP contribution in [0.1, 0.15) is 20.8 Å². The summed E-state index contributed by atoms with van der Waals surface area (Å²) in [5.74, 6) is -4.73. The summed E-state index contributed by atoms with van der Waals surface area (Å²) in [6, 6.07) is 1.68. The summed E-state index contributed by atoms with van der Waals surface area (Å²) in [4.78, 5) is 15.9. The smallest absolute Gasteiger partial charge is 0.246 e. The molecule has 1 aromatic carbocycles. The zero-order valence-electron chi connectivity index (χ0n) is 15.1. The zero-order chi connectivity index (χ0) is 19.0. The quantitative estimate of drug-likeness (QED) is 0.239. The topological polar surface area (TPSA) is 74.8 Å². The molecule has 0 atom stereocenters. The number of carbonyl (C=O) groups excluding carboxylic acids is 1. The van der Waals surface area contributed by atoms with Crippen LogP contribution in [0.4, 0.5) is 18.9 Å². The van der Waals surface area contributed by atoms with Crippen molar-refractivity contribution >= 4 is 41.5 Å². The average Bonchev–Trinajstić information content (AvgIpc) is 2.58. The van der Waals surface area contributed by atoms with E-state index in [1.54, 1.807) is 7.11 Å². The van der Waals surface area contributed by atoms with Crippen LogP contribution in [-0.4, -0.2) is 44.2 Å². The van der Waals surface area contributed by atoms with Gasteiger partial charge in [0, 0.05) is 20.2 Å². The highest BCUT2D eigenvalue weighted by molar-refractivity contribution is 14.0. The van der Waals surface area contributed by atoms with Gasteiger partial charge in [-0.1, -0.05) is 0 Å². The molecule has 0 aromatic heterocycles. The molecular formula is C16H24F3IN4O2. The monoisotopic (exact) mass is 488 g/mol. The van der Waals surface area contributed by atoms with Gasteiger partial charge in [0.05, 0.1) is 11.3 Å². The van der Waals surface area contributed by atoms with Crippen molar-refractivity contribution in [2.45, 2.75) is 26.4 Å². The first-order valence-corrected chi connectivity index (χ1v) is 7.71. The highest BCUT2D eigenvalue weighted by Crippen LogP contribution is 2.19. The van der Waals surface area contributed by atoms with Crippen LogP contribution < -0.4 is 16.0 Å². The minimum Gasteiger partial charge on any atom is -0.377 e. The van der Waals surface area contributed by atoms with Crippen LogP contribution in [0.5, 0.6) is 0 Å². The summed E-state index contributed by atoms with van der Waals surface area (Å²) in [5.41, 5.74) is -0.884. The molecule has 10 heteroatoms. The van der Waals surface area contributed by atoms with Crippen molar-refractivity contribution < 1.29 is 22.7 Å². The van der Waals surface area contributed by atoms with Gasteiger partial charge in [0.2, 0.25) is 5.91 Å². The number of hydrogen-bond donors (Lipinski definition) is 3. The van der Waals surface area contributed by atoms with Gasteiger partial charge in [-0.2, -0.15) is 0 Å². The molecule has 26 heavy (non-hydrogen) atoms. The normalized spacial score (nSPS) is 11.6. The Labute approximate surface area is 168 Å². The molecule has 148 valence electrons. The van der Waals surface area contributed by atoms with Crippen LogP contribution in [0.2, 0.25) is 0 Å². The maximum Gasteiger partial charge on any atom is 0.246 e. The molecule has 1 aromatic rings. The number of amides is 1. The molecule has 1 rings (SSSR count). The van der Waals surface area contributed by atoms with Gasteiger partial charge in [0.1, 0.15) is 6.54 Å². The number of aliphatic imine (C=N–C) groups is 1. The number of hydrogen-bond acceptors (Lipinski definition) is 3. The Balaban J connectivity index is 0.00000625. The first-order valence-electron chi connectivity index (χ1n) is 7.71. The number of halogens is 4. The van der Waals surface area contributed by atoms with Gasteiger partial charge >= 0.3 is 0 Å². The summed E-state index contributed by atoms with van der Waals surface area (Å²) < 4.78 is 44.8. The SMILES string of the molecule is CCNC(=NCC(=O)Nc1ccc(F)c(F)c1F)NCC(C)(C)OC.I. The Morgan fingerprint density at radius 3 is 2.42 bits per heavy atom. The van der Waals surface area contributed by atoms with Crippen LogP contribution in [0, 0.1) is 17.5 Å². The minimum absolute atomic E-state index is 0. The Kier molecular flexibility index (Phi) is 10.5. The second-order valence-electron chi connectivity index (χ2n) is 5.78. The van der Waals surface area contributed by atoms with Crippen LogP contribution >= 0.6 is 24.0 Å². The van der Waals surface area contributed by atoms with Gasteiger partial charge < -0.3 is 20.7 Å². The molecule has 0 aliphatic carbocycles. The summed E-state index contributed by atoms with van der Waals surface area (Å²) in [5, 5.41) is 8.11. The lowest BCUT2D eigenvalue weighted by Crippen LogP contribution is -2.45. The standard InChI is InChI=1S/C16H23F3N4O2.HI/c1-5-20-15(22-9-16(2,3)25-4)21-8-12(24)23-11-7-6-10(17)13(18)14(11)19;/h6-7H,5,8-9H2,1-4H3,(H,23,24)(H2,20,21,22);1H. The van der Waals surface area contributed by atoms with E-state index in [0.29, 0.717) is 19.0 Å². The number of ether oxygens (including phenoxy) is 1. The predicted octanol–water partition coefficient (Wildman–Crippen LogP) is 2.64. The summed E-state index contributed by atoms with van der Waals surface area (Å²) >= 11 is 0. The Hall–Kier alpha value is -1.56. The largest absolute Gasteiger partial charge is 0.377 e. The second-order valence-corrected chi connectivity index (χ2v) is 5.78. The number of anilines is 1. The fourth-order valence-electron chi connectivity index (χ4n) is 1.67. The van der Waals surface area contributed by atoms with Gasteiger partial charge in [-0.3, -0.25) is 4.79 Å². The molecule has 0 bridgehead atoms. The fraction of sp³-hybridized carbons (Fsp3) is 0.500. The lowest BCUT2D eigenvalue weighted by molar-refractivity contribution is -0.114. The summed E-state index contributed by atoms with van der Waals surface area (Å²) in [6.45, 7) is 6.29. The van der Waals surface area contributed by atoms with E-state index in [0.717, 1.165) is 12.1 Å². The van der Waals surface area contributed by atoms with Crippen LogP contribution in [0.15, 0.2) is 17.1 Å². The van der Waals surface area contributed by atoms with E-state index in [-0.39, 0.29) is 30.5 Å². The molecule has 0 heterocycles. The molecule has 0 unspecified atom stereocenters. The maximum absolute atomic E-state index is 13.5. The zero-order valence-corrected chi connectivity index (χ0v) is 17.4. The van der Waals surface area contributed by atoms with Gasteiger partial charge in [0.25, 0.3) is 0 Å². The number of nitrogens with zero attached hydrogens (tertiary/aromatic N) is 1. The van der Waals surface area contributed by atoms with Crippen molar-refractivity contribution in [2.24, 2.45) is 4.99 Å². The average molecular weight is 488 g/mol. The summed E-state index contributed by atoms with van der Waals surface area (Å²) in [6.07, 6.45) is 0. The second kappa shape index (κ2) is 11.2. The van der Waals surface area contributed by atoms with E-state index in [4.69, 9.17) is 4.74 Å². The lowest BCUT2D eigenvalue weighted by atomic mass is 10.1. The minimum atomic E-state index is -1.64. The van der Waals surface area contributed by atoms with Gasteiger partial charge in [-0.25, -0.2) is 18.2 Å². The molecule has 3 N–H and O–H groups in total. The first kappa shape index (κ1) is 24.4. The third kappa shape index (κ3) is 7.77. The maximum atomic E-state index is 13.5. The van der Waals surface area contributed by atoms with E-state index >= 15 is 0 Å². The van der Waals surface area contributed by atoms with Crippen molar-refractivity contribution in [2.75, 3.05) is 32.1 Å². The molecule has 0 radical (unpaired) electrons.